The van der Waals surface area contributed by atoms with Crippen molar-refractivity contribution in [2.24, 2.45) is 10.9 Å². The molecule has 0 spiro atoms. The summed E-state index contributed by atoms with van der Waals surface area (Å²) in [5.41, 5.74) is 2.91. The monoisotopic (exact) mass is 504 g/mol. The zero-order valence-corrected chi connectivity index (χ0v) is 20.3. The molecule has 1 aliphatic rings. The highest BCUT2D eigenvalue weighted by Crippen LogP contribution is 2.42. The zero-order valence-electron chi connectivity index (χ0n) is 18.7. The number of thiophene rings is 1. The first kappa shape index (κ1) is 24.4. The first-order chi connectivity index (χ1) is 17.0. The Kier molecular flexibility index (Phi) is 7.75. The van der Waals surface area contributed by atoms with Crippen LogP contribution in [0.25, 0.3) is 0 Å². The molecule has 2 amide bonds. The molecule has 4 rings (SSSR count). The Bertz CT molecular complexity index is 1310. The van der Waals surface area contributed by atoms with Gasteiger partial charge in [0.25, 0.3) is 5.91 Å². The molecule has 0 bridgehead atoms. The van der Waals surface area contributed by atoms with E-state index in [9.17, 15) is 19.2 Å². The van der Waals surface area contributed by atoms with Gasteiger partial charge >= 0.3 is 0 Å². The van der Waals surface area contributed by atoms with Gasteiger partial charge in [-0.1, -0.05) is 30.0 Å². The van der Waals surface area contributed by atoms with Gasteiger partial charge in [0.15, 0.2) is 0 Å². The number of nitriles is 1. The van der Waals surface area contributed by atoms with Crippen LogP contribution < -0.4 is 10.6 Å². The van der Waals surface area contributed by atoms with Crippen LogP contribution in [0.15, 0.2) is 87.7 Å². The summed E-state index contributed by atoms with van der Waals surface area (Å²) in [7, 11) is 0. The standard InChI is InChI=1S/C26H21FN4O2S2/c1-16-23(25(33)31-19-5-3-2-4-6-19)24(17-11-12-34-14-17)21(13-28)26(29-16)35-15-22(32)30-20-9-7-18(27)8-10-20/h2-12,14,21,24H,15H2,1H3,(H,30,32)(H,31,33). The summed E-state index contributed by atoms with van der Waals surface area (Å²) < 4.78 is 13.1. The van der Waals surface area contributed by atoms with Crippen molar-refractivity contribution in [3.8, 4) is 6.07 Å². The number of halogens is 1. The van der Waals surface area contributed by atoms with E-state index in [0.29, 0.717) is 27.7 Å². The van der Waals surface area contributed by atoms with Gasteiger partial charge in [-0.15, -0.1) is 0 Å². The van der Waals surface area contributed by atoms with E-state index >= 15 is 0 Å². The van der Waals surface area contributed by atoms with Crippen LogP contribution in [0, 0.1) is 23.1 Å². The van der Waals surface area contributed by atoms with E-state index in [2.05, 4.69) is 21.7 Å². The summed E-state index contributed by atoms with van der Waals surface area (Å²) >= 11 is 2.65. The van der Waals surface area contributed by atoms with Crippen molar-refractivity contribution < 1.29 is 14.0 Å². The van der Waals surface area contributed by atoms with Crippen molar-refractivity contribution in [1.82, 2.24) is 0 Å². The van der Waals surface area contributed by atoms with Crippen molar-refractivity contribution in [2.45, 2.75) is 12.8 Å². The van der Waals surface area contributed by atoms with E-state index in [0.717, 1.165) is 17.3 Å². The second kappa shape index (κ2) is 11.1. The molecule has 2 aromatic carbocycles. The number of nitrogens with zero attached hydrogens (tertiary/aromatic N) is 2. The summed E-state index contributed by atoms with van der Waals surface area (Å²) in [6, 6.07) is 18.8. The first-order valence-electron chi connectivity index (χ1n) is 10.7. The Hall–Kier alpha value is -3.74. The number of allylic oxidation sites excluding steroid dienone is 1. The van der Waals surface area contributed by atoms with Crippen LogP contribution in [0.3, 0.4) is 0 Å². The van der Waals surface area contributed by atoms with Crippen molar-refractivity contribution in [1.29, 1.82) is 5.26 Å². The Labute approximate surface area is 210 Å². The molecule has 9 heteroatoms. The number of anilines is 2. The van der Waals surface area contributed by atoms with E-state index in [-0.39, 0.29) is 23.4 Å². The molecule has 0 radical (unpaired) electrons. The normalized spacial score (nSPS) is 17.3. The Morgan fingerprint density at radius 3 is 2.46 bits per heavy atom. The van der Waals surface area contributed by atoms with Crippen LogP contribution in [0.4, 0.5) is 15.8 Å². The third-order valence-electron chi connectivity index (χ3n) is 5.37. The Morgan fingerprint density at radius 1 is 1.09 bits per heavy atom. The number of nitrogens with one attached hydrogen (secondary N) is 2. The predicted molar refractivity (Wildman–Crippen MR) is 139 cm³/mol. The van der Waals surface area contributed by atoms with E-state index in [1.54, 1.807) is 19.1 Å². The van der Waals surface area contributed by atoms with Gasteiger partial charge in [0, 0.05) is 28.6 Å². The van der Waals surface area contributed by atoms with Gasteiger partial charge in [-0.25, -0.2) is 9.38 Å². The third kappa shape index (κ3) is 5.85. The van der Waals surface area contributed by atoms with E-state index in [1.165, 1.54) is 35.6 Å². The predicted octanol–water partition coefficient (Wildman–Crippen LogP) is 5.81. The van der Waals surface area contributed by atoms with Gasteiger partial charge in [0.05, 0.1) is 16.9 Å². The molecular formula is C26H21FN4O2S2. The second-order valence-electron chi connectivity index (χ2n) is 7.75. The fraction of sp³-hybridized carbons (Fsp3) is 0.154. The lowest BCUT2D eigenvalue weighted by atomic mass is 9.79. The number of carbonyl (C=O) groups is 2. The summed E-state index contributed by atoms with van der Waals surface area (Å²) in [5.74, 6) is -2.23. The smallest absolute Gasteiger partial charge is 0.254 e. The minimum absolute atomic E-state index is 0.0174. The van der Waals surface area contributed by atoms with Crippen molar-refractivity contribution in [3.63, 3.8) is 0 Å². The number of rotatable bonds is 6. The van der Waals surface area contributed by atoms with Crippen molar-refractivity contribution in [3.05, 3.63) is 94.1 Å². The van der Waals surface area contributed by atoms with Crippen LogP contribution in [-0.4, -0.2) is 22.6 Å². The lowest BCUT2D eigenvalue weighted by molar-refractivity contribution is -0.114. The third-order valence-corrected chi connectivity index (χ3v) is 7.12. The fourth-order valence-electron chi connectivity index (χ4n) is 3.79. The highest BCUT2D eigenvalue weighted by Gasteiger charge is 2.39. The number of hydrogen-bond acceptors (Lipinski definition) is 6. The average molecular weight is 505 g/mol. The number of aliphatic imine (C=N–C) groups is 1. The lowest BCUT2D eigenvalue weighted by Crippen LogP contribution is -2.31. The van der Waals surface area contributed by atoms with Crippen LogP contribution in [0.2, 0.25) is 0 Å². The molecule has 2 heterocycles. The molecule has 3 aromatic rings. The number of carbonyl (C=O) groups excluding carboxylic acids is 2. The van der Waals surface area contributed by atoms with Gasteiger partial charge in [-0.05, 0) is 65.7 Å². The molecule has 2 unspecified atom stereocenters. The highest BCUT2D eigenvalue weighted by molar-refractivity contribution is 8.14. The molecule has 0 saturated heterocycles. The molecule has 1 aromatic heterocycles. The number of amides is 2. The summed E-state index contributed by atoms with van der Waals surface area (Å²) in [4.78, 5) is 30.3. The number of benzene rings is 2. The molecule has 0 aliphatic carbocycles. The zero-order chi connectivity index (χ0) is 24.8. The molecule has 35 heavy (non-hydrogen) atoms. The van der Waals surface area contributed by atoms with E-state index < -0.39 is 11.8 Å². The topological polar surface area (TPSA) is 94.4 Å². The van der Waals surface area contributed by atoms with Crippen molar-refractivity contribution in [2.75, 3.05) is 16.4 Å². The minimum atomic E-state index is -0.728. The maximum Gasteiger partial charge on any atom is 0.254 e. The average Bonchev–Trinajstić information content (AvgIpc) is 3.39. The first-order valence-corrected chi connectivity index (χ1v) is 12.6. The Morgan fingerprint density at radius 2 is 1.80 bits per heavy atom. The van der Waals surface area contributed by atoms with Crippen LogP contribution in [-0.2, 0) is 9.59 Å². The van der Waals surface area contributed by atoms with Crippen LogP contribution in [0.5, 0.6) is 0 Å². The fourth-order valence-corrected chi connectivity index (χ4v) is 5.41. The minimum Gasteiger partial charge on any atom is -0.325 e. The Balaban J connectivity index is 1.58. The van der Waals surface area contributed by atoms with Gasteiger partial charge < -0.3 is 10.6 Å². The number of hydrogen-bond donors (Lipinski definition) is 2. The second-order valence-corrected chi connectivity index (χ2v) is 9.53. The maximum absolute atomic E-state index is 13.3. The van der Waals surface area contributed by atoms with E-state index in [4.69, 9.17) is 0 Å². The van der Waals surface area contributed by atoms with E-state index in [1.807, 2.05) is 35.0 Å². The molecule has 0 fully saturated rings. The van der Waals surface area contributed by atoms with Gasteiger partial charge in [-0.3, -0.25) is 9.59 Å². The molecule has 0 saturated carbocycles. The molecule has 2 N–H and O–H groups in total. The number of thioether (sulfide) groups is 1. The molecule has 6 nitrogen and oxygen atoms in total. The molecule has 2 atom stereocenters. The highest BCUT2D eigenvalue weighted by atomic mass is 32.2. The summed E-state index contributed by atoms with van der Waals surface area (Å²) in [6.07, 6.45) is 0. The quantitative estimate of drug-likeness (QED) is 0.443. The van der Waals surface area contributed by atoms with Gasteiger partial charge in [-0.2, -0.15) is 16.6 Å². The molecule has 1 aliphatic heterocycles. The van der Waals surface area contributed by atoms with Crippen molar-refractivity contribution >= 4 is 51.3 Å². The lowest BCUT2D eigenvalue weighted by Gasteiger charge is -2.29. The molecular weight excluding hydrogens is 483 g/mol. The van der Waals surface area contributed by atoms with Gasteiger partial charge in [0.2, 0.25) is 5.91 Å². The van der Waals surface area contributed by atoms with Crippen LogP contribution >= 0.6 is 23.1 Å². The van der Waals surface area contributed by atoms with Crippen LogP contribution in [0.1, 0.15) is 18.4 Å². The number of para-hydroxylation sites is 1. The molecule has 176 valence electrons. The summed E-state index contributed by atoms with van der Waals surface area (Å²) in [6.45, 7) is 1.74. The SMILES string of the molecule is CC1=C(C(=O)Nc2ccccc2)C(c2ccsc2)C(C#N)C(SCC(=O)Nc2ccc(F)cc2)=N1. The van der Waals surface area contributed by atoms with Gasteiger partial charge in [0.1, 0.15) is 11.7 Å². The largest absolute Gasteiger partial charge is 0.325 e. The summed E-state index contributed by atoms with van der Waals surface area (Å²) in [5, 5.41) is 20.0. The maximum atomic E-state index is 13.3.